The van der Waals surface area contributed by atoms with Crippen LogP contribution in [0.15, 0.2) is 47.4 Å². The highest BCUT2D eigenvalue weighted by Crippen LogP contribution is 2.25. The third kappa shape index (κ3) is 4.60. The van der Waals surface area contributed by atoms with E-state index in [1.165, 1.54) is 19.2 Å². The van der Waals surface area contributed by atoms with Crippen molar-refractivity contribution in [3.63, 3.8) is 0 Å². The second-order valence-corrected chi connectivity index (χ2v) is 7.97. The van der Waals surface area contributed by atoms with E-state index in [-0.39, 0.29) is 28.0 Å². The van der Waals surface area contributed by atoms with E-state index in [2.05, 4.69) is 10.0 Å². The fraction of sp³-hybridized carbons (Fsp3) is 0.316. The second-order valence-electron chi connectivity index (χ2n) is 6.29. The summed E-state index contributed by atoms with van der Waals surface area (Å²) in [4.78, 5) is 12.3. The first-order valence-electron chi connectivity index (χ1n) is 8.76. The maximum atomic E-state index is 13.6. The lowest BCUT2D eigenvalue weighted by Gasteiger charge is -2.15. The third-order valence-corrected chi connectivity index (χ3v) is 5.73. The van der Waals surface area contributed by atoms with E-state index < -0.39 is 21.7 Å². The summed E-state index contributed by atoms with van der Waals surface area (Å²) >= 11 is 0. The minimum Gasteiger partial charge on any atom is -0.494 e. The number of amides is 1. The number of carbonyl (C=O) groups excluding carboxylic acids is 1. The molecule has 7 nitrogen and oxygen atoms in total. The van der Waals surface area contributed by atoms with Crippen LogP contribution in [0.4, 0.5) is 10.1 Å². The zero-order valence-electron chi connectivity index (χ0n) is 15.3. The van der Waals surface area contributed by atoms with Gasteiger partial charge in [0.25, 0.3) is 15.9 Å². The lowest BCUT2D eigenvalue weighted by Crippen LogP contribution is -2.32. The third-order valence-electron chi connectivity index (χ3n) is 4.36. The number of anilines is 1. The highest BCUT2D eigenvalue weighted by atomic mass is 32.2. The fourth-order valence-corrected chi connectivity index (χ4v) is 3.98. The Labute approximate surface area is 162 Å². The van der Waals surface area contributed by atoms with Crippen LogP contribution in [0.3, 0.4) is 0 Å². The van der Waals surface area contributed by atoms with Crippen molar-refractivity contribution in [2.45, 2.75) is 23.8 Å². The van der Waals surface area contributed by atoms with Gasteiger partial charge in [-0.3, -0.25) is 9.52 Å². The van der Waals surface area contributed by atoms with Crippen LogP contribution in [0.2, 0.25) is 0 Å². The van der Waals surface area contributed by atoms with Crippen molar-refractivity contribution in [1.29, 1.82) is 0 Å². The van der Waals surface area contributed by atoms with Crippen LogP contribution in [-0.2, 0) is 14.8 Å². The first-order chi connectivity index (χ1) is 13.4. The molecule has 1 fully saturated rings. The van der Waals surface area contributed by atoms with Crippen LogP contribution in [-0.4, -0.2) is 40.7 Å². The molecule has 1 aliphatic heterocycles. The Bertz CT molecular complexity index is 959. The van der Waals surface area contributed by atoms with Crippen molar-refractivity contribution in [3.05, 3.63) is 53.8 Å². The monoisotopic (exact) mass is 408 g/mol. The molecule has 0 aliphatic carbocycles. The van der Waals surface area contributed by atoms with Gasteiger partial charge in [0, 0.05) is 19.2 Å². The highest BCUT2D eigenvalue weighted by Gasteiger charge is 2.21. The van der Waals surface area contributed by atoms with Gasteiger partial charge in [-0.2, -0.15) is 0 Å². The zero-order valence-corrected chi connectivity index (χ0v) is 16.1. The van der Waals surface area contributed by atoms with Crippen molar-refractivity contribution < 1.29 is 27.1 Å². The molecule has 2 aromatic rings. The fourth-order valence-electron chi connectivity index (χ4n) is 2.89. The average Bonchev–Trinajstić information content (AvgIpc) is 3.20. The summed E-state index contributed by atoms with van der Waals surface area (Å²) < 4.78 is 51.6. The lowest BCUT2D eigenvalue weighted by atomic mass is 10.1. The van der Waals surface area contributed by atoms with Gasteiger partial charge in [-0.25, -0.2) is 12.8 Å². The summed E-state index contributed by atoms with van der Waals surface area (Å²) in [5.41, 5.74) is 0.300. The molecule has 150 valence electrons. The zero-order chi connectivity index (χ0) is 20.1. The number of hydrogen-bond acceptors (Lipinski definition) is 5. The van der Waals surface area contributed by atoms with Crippen molar-refractivity contribution in [2.24, 2.45) is 0 Å². The molecule has 0 bridgehead atoms. The molecule has 0 saturated carbocycles. The Morgan fingerprint density at radius 2 is 2.07 bits per heavy atom. The predicted octanol–water partition coefficient (Wildman–Crippen LogP) is 2.54. The summed E-state index contributed by atoms with van der Waals surface area (Å²) in [5, 5.41) is 2.76. The Morgan fingerprint density at radius 1 is 1.29 bits per heavy atom. The van der Waals surface area contributed by atoms with Gasteiger partial charge in [0.2, 0.25) is 0 Å². The van der Waals surface area contributed by atoms with Gasteiger partial charge in [0.05, 0.1) is 29.4 Å². The summed E-state index contributed by atoms with van der Waals surface area (Å²) in [6.07, 6.45) is 1.80. The van der Waals surface area contributed by atoms with E-state index >= 15 is 0 Å². The van der Waals surface area contributed by atoms with E-state index in [0.717, 1.165) is 31.0 Å². The van der Waals surface area contributed by atoms with E-state index in [1.807, 2.05) is 0 Å². The molecule has 2 N–H and O–H groups in total. The highest BCUT2D eigenvalue weighted by molar-refractivity contribution is 7.92. The Kier molecular flexibility index (Phi) is 6.15. The lowest BCUT2D eigenvalue weighted by molar-refractivity contribution is 0.0858. The Morgan fingerprint density at radius 3 is 2.79 bits per heavy atom. The molecule has 1 atom stereocenters. The molecule has 0 unspecified atom stereocenters. The predicted molar refractivity (Wildman–Crippen MR) is 102 cm³/mol. The van der Waals surface area contributed by atoms with Crippen molar-refractivity contribution in [3.8, 4) is 5.75 Å². The normalized spacial score (nSPS) is 16.6. The summed E-state index contributed by atoms with van der Waals surface area (Å²) in [6.45, 7) is 1.03. The van der Waals surface area contributed by atoms with Crippen LogP contribution in [0.1, 0.15) is 23.2 Å². The van der Waals surface area contributed by atoms with Crippen LogP contribution in [0.5, 0.6) is 5.75 Å². The minimum atomic E-state index is -4.05. The molecule has 9 heteroatoms. The van der Waals surface area contributed by atoms with E-state index in [1.54, 1.807) is 12.1 Å². The van der Waals surface area contributed by atoms with E-state index in [4.69, 9.17) is 9.47 Å². The molecule has 1 heterocycles. The molecule has 0 radical (unpaired) electrons. The first-order valence-corrected chi connectivity index (χ1v) is 10.2. The van der Waals surface area contributed by atoms with E-state index in [0.29, 0.717) is 13.2 Å². The van der Waals surface area contributed by atoms with Gasteiger partial charge in [0.1, 0.15) is 0 Å². The smallest absolute Gasteiger partial charge is 0.262 e. The molecule has 3 rings (SSSR count). The number of nitrogens with one attached hydrogen (secondary N) is 2. The molecule has 1 aliphatic rings. The van der Waals surface area contributed by atoms with Crippen LogP contribution < -0.4 is 14.8 Å². The van der Waals surface area contributed by atoms with Gasteiger partial charge in [-0.1, -0.05) is 12.1 Å². The minimum absolute atomic E-state index is 0.0283. The number of sulfonamides is 1. The maximum Gasteiger partial charge on any atom is 0.262 e. The topological polar surface area (TPSA) is 93.7 Å². The van der Waals surface area contributed by atoms with Gasteiger partial charge >= 0.3 is 0 Å². The molecule has 0 spiro atoms. The Hall–Kier alpha value is -2.65. The van der Waals surface area contributed by atoms with Gasteiger partial charge < -0.3 is 14.8 Å². The average molecular weight is 408 g/mol. The summed E-state index contributed by atoms with van der Waals surface area (Å²) in [7, 11) is -2.80. The van der Waals surface area contributed by atoms with Gasteiger partial charge in [-0.05, 0) is 37.1 Å². The number of methoxy groups -OCH3 is 1. The van der Waals surface area contributed by atoms with Crippen molar-refractivity contribution in [1.82, 2.24) is 5.32 Å². The largest absolute Gasteiger partial charge is 0.494 e. The maximum absolute atomic E-state index is 13.6. The van der Waals surface area contributed by atoms with Crippen molar-refractivity contribution >= 4 is 21.6 Å². The molecule has 1 saturated heterocycles. The number of rotatable bonds is 7. The number of benzene rings is 2. The number of carbonyl (C=O) groups is 1. The summed E-state index contributed by atoms with van der Waals surface area (Å²) in [6, 6.07) is 9.47. The van der Waals surface area contributed by atoms with E-state index in [9.17, 15) is 17.6 Å². The first kappa shape index (κ1) is 20.1. The number of hydrogen-bond donors (Lipinski definition) is 2. The quantitative estimate of drug-likeness (QED) is 0.734. The van der Waals surface area contributed by atoms with Gasteiger partial charge in [-0.15, -0.1) is 0 Å². The SMILES string of the molecule is COc1cc(S(=O)(=O)Nc2ccccc2C(=O)NC[C@@H]2CCCO2)ccc1F. The molecule has 0 aromatic heterocycles. The molecule has 28 heavy (non-hydrogen) atoms. The van der Waals surface area contributed by atoms with Crippen LogP contribution in [0.25, 0.3) is 0 Å². The molecule has 1 amide bonds. The van der Waals surface area contributed by atoms with Gasteiger partial charge in [0.15, 0.2) is 11.6 Å². The van der Waals surface area contributed by atoms with Crippen LogP contribution >= 0.6 is 0 Å². The standard InChI is InChI=1S/C19H21FN2O5S/c1-26-18-11-14(8-9-16(18)20)28(24,25)22-17-7-3-2-6-15(17)19(23)21-12-13-5-4-10-27-13/h2-3,6-9,11,13,22H,4-5,10,12H2,1H3,(H,21,23)/t13-/m0/s1. The molecule has 2 aromatic carbocycles. The van der Waals surface area contributed by atoms with Crippen molar-refractivity contribution in [2.75, 3.05) is 25.0 Å². The number of para-hydroxylation sites is 1. The molecular formula is C19H21FN2O5S. The number of halogens is 1. The number of ether oxygens (including phenoxy) is 2. The molecular weight excluding hydrogens is 387 g/mol. The summed E-state index contributed by atoms with van der Waals surface area (Å²) in [5.74, 6) is -1.27. The second kappa shape index (κ2) is 8.57. The Balaban J connectivity index is 1.79. The van der Waals surface area contributed by atoms with Crippen LogP contribution in [0, 0.1) is 5.82 Å².